The second kappa shape index (κ2) is 3.76. The number of rotatable bonds is 4. The van der Waals surface area contributed by atoms with Crippen molar-refractivity contribution in [3.8, 4) is 0 Å². The molecule has 86 valence electrons. The number of nitrogens with zero attached hydrogens (tertiary/aromatic N) is 2. The van der Waals surface area contributed by atoms with Crippen LogP contribution in [-0.2, 0) is 4.79 Å². The van der Waals surface area contributed by atoms with Crippen LogP contribution in [0.2, 0.25) is 0 Å². The molecule has 1 saturated carbocycles. The highest BCUT2D eigenvalue weighted by Gasteiger charge is 2.62. The van der Waals surface area contributed by atoms with Gasteiger partial charge in [0.1, 0.15) is 0 Å². The number of carboxylic acid groups (broad SMARTS) is 1. The molecule has 15 heavy (non-hydrogen) atoms. The number of piperidine rings is 1. The van der Waals surface area contributed by atoms with Crippen molar-refractivity contribution in [3.05, 3.63) is 0 Å². The summed E-state index contributed by atoms with van der Waals surface area (Å²) in [5.74, 6) is -0.118. The summed E-state index contributed by atoms with van der Waals surface area (Å²) >= 11 is 0. The Labute approximate surface area is 90.9 Å². The third-order valence-electron chi connectivity index (χ3n) is 3.82. The quantitative estimate of drug-likeness (QED) is 0.730. The molecule has 0 spiro atoms. The summed E-state index contributed by atoms with van der Waals surface area (Å²) in [6.07, 6.45) is 1.97. The fraction of sp³-hybridized carbons (Fsp3) is 0.909. The molecule has 0 amide bonds. The van der Waals surface area contributed by atoms with Gasteiger partial charge < -0.3 is 14.9 Å². The van der Waals surface area contributed by atoms with Crippen molar-refractivity contribution in [1.29, 1.82) is 0 Å². The highest BCUT2D eigenvalue weighted by atomic mass is 16.4. The monoisotopic (exact) mass is 212 g/mol. The average molecular weight is 212 g/mol. The predicted molar refractivity (Wildman–Crippen MR) is 57.8 cm³/mol. The number of hydrogen-bond acceptors (Lipinski definition) is 3. The molecule has 2 atom stereocenters. The molecule has 1 aliphatic carbocycles. The summed E-state index contributed by atoms with van der Waals surface area (Å²) in [5.41, 5.74) is -0.370. The average Bonchev–Trinajstić information content (AvgIpc) is 2.89. The molecule has 1 N–H and O–H groups in total. The molecule has 4 heteroatoms. The van der Waals surface area contributed by atoms with Gasteiger partial charge in [-0.25, -0.2) is 0 Å². The van der Waals surface area contributed by atoms with E-state index in [0.717, 1.165) is 39.0 Å². The molecule has 0 aromatic rings. The molecule has 4 nitrogen and oxygen atoms in total. The SMILES string of the molecule is CN(C)CCN1CCC2CC2(C(=O)O)C1. The van der Waals surface area contributed by atoms with Gasteiger partial charge in [-0.2, -0.15) is 0 Å². The molecule has 0 aromatic heterocycles. The highest BCUT2D eigenvalue weighted by molar-refractivity contribution is 5.79. The largest absolute Gasteiger partial charge is 0.481 e. The van der Waals surface area contributed by atoms with Crippen LogP contribution in [-0.4, -0.2) is 61.2 Å². The van der Waals surface area contributed by atoms with Crippen LogP contribution in [0.15, 0.2) is 0 Å². The first kappa shape index (κ1) is 10.9. The van der Waals surface area contributed by atoms with Crippen LogP contribution < -0.4 is 0 Å². The van der Waals surface area contributed by atoms with Gasteiger partial charge in [-0.05, 0) is 39.4 Å². The number of likely N-dealkylation sites (N-methyl/N-ethyl adjacent to an activating group) is 1. The van der Waals surface area contributed by atoms with Crippen LogP contribution >= 0.6 is 0 Å². The van der Waals surface area contributed by atoms with Crippen LogP contribution in [0.25, 0.3) is 0 Å². The Bertz CT molecular complexity index is 267. The van der Waals surface area contributed by atoms with Crippen molar-refractivity contribution in [1.82, 2.24) is 9.80 Å². The normalized spacial score (nSPS) is 35.3. The van der Waals surface area contributed by atoms with Crippen molar-refractivity contribution in [3.63, 3.8) is 0 Å². The van der Waals surface area contributed by atoms with Crippen molar-refractivity contribution >= 4 is 5.97 Å². The zero-order valence-electron chi connectivity index (χ0n) is 9.57. The van der Waals surface area contributed by atoms with E-state index in [1.165, 1.54) is 0 Å². The lowest BCUT2D eigenvalue weighted by molar-refractivity contribution is -0.145. The number of aliphatic carboxylic acids is 1. The maximum absolute atomic E-state index is 11.2. The van der Waals surface area contributed by atoms with E-state index in [-0.39, 0.29) is 5.41 Å². The lowest BCUT2D eigenvalue weighted by Crippen LogP contribution is -2.43. The minimum absolute atomic E-state index is 0.370. The summed E-state index contributed by atoms with van der Waals surface area (Å²) in [6, 6.07) is 0. The molecule has 1 aliphatic heterocycles. The topological polar surface area (TPSA) is 43.8 Å². The molecular formula is C11H20N2O2. The van der Waals surface area contributed by atoms with Gasteiger partial charge in [0.25, 0.3) is 0 Å². The van der Waals surface area contributed by atoms with E-state index in [0.29, 0.717) is 5.92 Å². The summed E-state index contributed by atoms with van der Waals surface area (Å²) in [4.78, 5) is 15.6. The van der Waals surface area contributed by atoms with Gasteiger partial charge in [-0.3, -0.25) is 4.79 Å². The van der Waals surface area contributed by atoms with Crippen molar-refractivity contribution in [2.45, 2.75) is 12.8 Å². The van der Waals surface area contributed by atoms with Gasteiger partial charge in [0.15, 0.2) is 0 Å². The summed E-state index contributed by atoms with van der Waals surface area (Å²) in [6.45, 7) is 3.85. The smallest absolute Gasteiger partial charge is 0.311 e. The van der Waals surface area contributed by atoms with Crippen LogP contribution in [0.1, 0.15) is 12.8 Å². The standard InChI is InChI=1S/C11H20N2O2/c1-12(2)5-6-13-4-3-9-7-11(9,8-13)10(14)15/h9H,3-8H2,1-2H3,(H,14,15). The van der Waals surface area contributed by atoms with Gasteiger partial charge in [0, 0.05) is 19.6 Å². The van der Waals surface area contributed by atoms with E-state index >= 15 is 0 Å². The number of hydrogen-bond donors (Lipinski definition) is 1. The second-order valence-corrected chi connectivity index (χ2v) is 5.23. The summed E-state index contributed by atoms with van der Waals surface area (Å²) in [7, 11) is 4.10. The fourth-order valence-corrected chi connectivity index (χ4v) is 2.63. The zero-order chi connectivity index (χ0) is 11.1. The lowest BCUT2D eigenvalue weighted by Gasteiger charge is -2.31. The summed E-state index contributed by atoms with van der Waals surface area (Å²) < 4.78 is 0. The Balaban J connectivity index is 1.87. The number of carboxylic acids is 1. The Morgan fingerprint density at radius 3 is 2.93 bits per heavy atom. The molecule has 0 radical (unpaired) electrons. The van der Waals surface area contributed by atoms with Crippen LogP contribution in [0.5, 0.6) is 0 Å². The maximum atomic E-state index is 11.2. The minimum atomic E-state index is -0.581. The van der Waals surface area contributed by atoms with Gasteiger partial charge in [-0.1, -0.05) is 0 Å². The third kappa shape index (κ3) is 2.01. The van der Waals surface area contributed by atoms with E-state index in [9.17, 15) is 9.90 Å². The molecule has 2 fully saturated rings. The molecule has 2 unspecified atom stereocenters. The van der Waals surface area contributed by atoms with E-state index < -0.39 is 5.97 Å². The molecule has 1 heterocycles. The Morgan fingerprint density at radius 1 is 1.60 bits per heavy atom. The maximum Gasteiger partial charge on any atom is 0.311 e. The first-order chi connectivity index (χ1) is 7.04. The molecular weight excluding hydrogens is 192 g/mol. The lowest BCUT2D eigenvalue weighted by atomic mass is 9.97. The highest BCUT2D eigenvalue weighted by Crippen LogP contribution is 2.57. The van der Waals surface area contributed by atoms with Gasteiger partial charge in [-0.15, -0.1) is 0 Å². The second-order valence-electron chi connectivity index (χ2n) is 5.23. The van der Waals surface area contributed by atoms with Crippen LogP contribution in [0, 0.1) is 11.3 Å². The number of fused-ring (bicyclic) bond motifs is 1. The van der Waals surface area contributed by atoms with Gasteiger partial charge in [0.2, 0.25) is 0 Å². The van der Waals surface area contributed by atoms with E-state index in [1.807, 2.05) is 0 Å². The van der Waals surface area contributed by atoms with Gasteiger partial charge >= 0.3 is 5.97 Å². The Hall–Kier alpha value is -0.610. The van der Waals surface area contributed by atoms with E-state index in [1.54, 1.807) is 0 Å². The summed E-state index contributed by atoms with van der Waals surface area (Å²) in [5, 5.41) is 9.20. The van der Waals surface area contributed by atoms with E-state index in [2.05, 4.69) is 23.9 Å². The molecule has 2 aliphatic rings. The van der Waals surface area contributed by atoms with Crippen molar-refractivity contribution in [2.75, 3.05) is 40.3 Å². The van der Waals surface area contributed by atoms with Crippen molar-refractivity contribution < 1.29 is 9.90 Å². The van der Waals surface area contributed by atoms with Gasteiger partial charge in [0.05, 0.1) is 5.41 Å². The zero-order valence-corrected chi connectivity index (χ0v) is 9.57. The van der Waals surface area contributed by atoms with E-state index in [4.69, 9.17) is 0 Å². The minimum Gasteiger partial charge on any atom is -0.481 e. The van der Waals surface area contributed by atoms with Crippen molar-refractivity contribution in [2.24, 2.45) is 11.3 Å². The first-order valence-corrected chi connectivity index (χ1v) is 5.65. The molecule has 0 aromatic carbocycles. The third-order valence-corrected chi connectivity index (χ3v) is 3.82. The molecule has 1 saturated heterocycles. The molecule has 0 bridgehead atoms. The van der Waals surface area contributed by atoms with Crippen LogP contribution in [0.4, 0.5) is 0 Å². The fourth-order valence-electron chi connectivity index (χ4n) is 2.63. The van der Waals surface area contributed by atoms with Crippen LogP contribution in [0.3, 0.4) is 0 Å². The first-order valence-electron chi connectivity index (χ1n) is 5.65. The number of carbonyl (C=O) groups is 1. The Morgan fingerprint density at radius 2 is 2.33 bits per heavy atom. The molecule has 2 rings (SSSR count). The number of likely N-dealkylation sites (tertiary alicyclic amines) is 1. The Kier molecular flexibility index (Phi) is 2.73. The predicted octanol–water partition coefficient (Wildman–Crippen LogP) is 0.345.